The molecule has 0 saturated carbocycles. The van der Waals surface area contributed by atoms with Crippen LogP contribution in [0.4, 0.5) is 0 Å². The maximum atomic E-state index is 4.01. The molecule has 0 rings (SSSR count). The highest BCUT2D eigenvalue weighted by molar-refractivity contribution is 4.94. The van der Waals surface area contributed by atoms with E-state index >= 15 is 0 Å². The Hall–Kier alpha value is -0.300. The third-order valence-corrected chi connectivity index (χ3v) is 3.57. The van der Waals surface area contributed by atoms with E-state index in [9.17, 15) is 0 Å². The van der Waals surface area contributed by atoms with Crippen molar-refractivity contribution in [3.05, 3.63) is 12.7 Å². The Kier molecular flexibility index (Phi) is 8.64. The number of hydrogen-bond donors (Lipinski definition) is 1. The number of hydrogen-bond acceptors (Lipinski definition) is 1. The Labute approximate surface area is 103 Å². The van der Waals surface area contributed by atoms with Crippen LogP contribution in [-0.2, 0) is 0 Å². The van der Waals surface area contributed by atoms with Crippen LogP contribution in [0.15, 0.2) is 12.7 Å². The van der Waals surface area contributed by atoms with Crippen LogP contribution in [0.25, 0.3) is 0 Å². The first-order valence-electron chi connectivity index (χ1n) is 6.96. The molecule has 0 aliphatic carbocycles. The fraction of sp³-hybridized carbons (Fsp3) is 0.867. The molecule has 0 aromatic rings. The first-order valence-corrected chi connectivity index (χ1v) is 6.96. The molecule has 0 aromatic heterocycles. The topological polar surface area (TPSA) is 12.0 Å². The van der Waals surface area contributed by atoms with Crippen LogP contribution in [0.2, 0.25) is 0 Å². The summed E-state index contributed by atoms with van der Waals surface area (Å²) in [6.07, 6.45) is 8.78. The van der Waals surface area contributed by atoms with E-state index < -0.39 is 0 Å². The molecule has 0 aliphatic heterocycles. The number of nitrogens with one attached hydrogen (secondary N) is 1. The van der Waals surface area contributed by atoms with Gasteiger partial charge in [-0.25, -0.2) is 0 Å². The second-order valence-corrected chi connectivity index (χ2v) is 5.26. The number of rotatable bonds is 10. The maximum Gasteiger partial charge on any atom is 0.00397 e. The first-order chi connectivity index (χ1) is 7.61. The minimum atomic E-state index is 0.268. The Balaban J connectivity index is 4.18. The fourth-order valence-electron chi connectivity index (χ4n) is 2.24. The van der Waals surface area contributed by atoms with Gasteiger partial charge in [-0.05, 0) is 24.3 Å². The molecule has 1 N–H and O–H groups in total. The van der Waals surface area contributed by atoms with Crippen molar-refractivity contribution in [3.63, 3.8) is 0 Å². The predicted molar refractivity (Wildman–Crippen MR) is 74.8 cm³/mol. The second kappa shape index (κ2) is 8.81. The molecular formula is C15H31N. The molecule has 16 heavy (non-hydrogen) atoms. The summed E-state index contributed by atoms with van der Waals surface area (Å²) in [4.78, 5) is 0. The van der Waals surface area contributed by atoms with Gasteiger partial charge in [0.2, 0.25) is 0 Å². The van der Waals surface area contributed by atoms with Crippen molar-refractivity contribution in [2.45, 2.75) is 59.8 Å². The van der Waals surface area contributed by atoms with Gasteiger partial charge in [0, 0.05) is 6.54 Å². The quantitative estimate of drug-likeness (QED) is 0.544. The zero-order valence-corrected chi connectivity index (χ0v) is 11.8. The van der Waals surface area contributed by atoms with Crippen LogP contribution in [0.3, 0.4) is 0 Å². The van der Waals surface area contributed by atoms with Gasteiger partial charge in [-0.1, -0.05) is 59.5 Å². The molecule has 0 aliphatic rings. The van der Waals surface area contributed by atoms with Gasteiger partial charge < -0.3 is 5.32 Å². The van der Waals surface area contributed by atoms with E-state index in [-0.39, 0.29) is 5.41 Å². The Bertz CT molecular complexity index is 176. The average Bonchev–Trinajstić information content (AvgIpc) is 2.32. The Morgan fingerprint density at radius 1 is 1.31 bits per heavy atom. The van der Waals surface area contributed by atoms with Crippen molar-refractivity contribution in [2.24, 2.45) is 11.3 Å². The molecule has 0 radical (unpaired) electrons. The highest BCUT2D eigenvalue weighted by Crippen LogP contribution is 2.31. The fourth-order valence-corrected chi connectivity index (χ4v) is 2.24. The van der Waals surface area contributed by atoms with E-state index in [0.29, 0.717) is 0 Å². The summed E-state index contributed by atoms with van der Waals surface area (Å²) in [6.45, 7) is 15.2. The molecule has 96 valence electrons. The van der Waals surface area contributed by atoms with Gasteiger partial charge in [-0.2, -0.15) is 0 Å². The molecule has 2 unspecified atom stereocenters. The molecule has 1 heteroatoms. The lowest BCUT2D eigenvalue weighted by Crippen LogP contribution is -2.32. The monoisotopic (exact) mass is 225 g/mol. The minimum Gasteiger partial charge on any atom is -0.316 e. The molecule has 0 amide bonds. The summed E-state index contributed by atoms with van der Waals surface area (Å²) in [5.41, 5.74) is 0.268. The minimum absolute atomic E-state index is 0.268. The number of unbranched alkanes of at least 4 members (excludes halogenated alkanes) is 1. The van der Waals surface area contributed by atoms with Crippen LogP contribution in [0.1, 0.15) is 59.8 Å². The normalized spacial score (nSPS) is 16.8. The van der Waals surface area contributed by atoms with E-state index in [1.165, 1.54) is 32.1 Å². The molecular weight excluding hydrogens is 194 g/mol. The van der Waals surface area contributed by atoms with Gasteiger partial charge in [0.1, 0.15) is 0 Å². The lowest BCUT2D eigenvalue weighted by atomic mass is 9.78. The molecule has 0 spiro atoms. The molecule has 2 atom stereocenters. The van der Waals surface area contributed by atoms with Crippen LogP contribution >= 0.6 is 0 Å². The summed E-state index contributed by atoms with van der Waals surface area (Å²) in [5.74, 6) is 0.863. The third kappa shape index (κ3) is 6.32. The van der Waals surface area contributed by atoms with E-state index in [1.54, 1.807) is 0 Å². The van der Waals surface area contributed by atoms with E-state index in [0.717, 1.165) is 19.0 Å². The van der Waals surface area contributed by atoms with Gasteiger partial charge in [0.25, 0.3) is 0 Å². The molecule has 0 heterocycles. The van der Waals surface area contributed by atoms with Crippen molar-refractivity contribution in [1.82, 2.24) is 5.32 Å². The van der Waals surface area contributed by atoms with E-state index in [2.05, 4.69) is 45.7 Å². The van der Waals surface area contributed by atoms with Gasteiger partial charge in [-0.15, -0.1) is 6.58 Å². The summed E-state index contributed by atoms with van der Waals surface area (Å²) in [5, 5.41) is 3.45. The maximum absolute atomic E-state index is 4.01. The second-order valence-electron chi connectivity index (χ2n) is 5.26. The standard InChI is InChI=1S/C15H31N/c1-6-10-11-14(7-2)12-15(5,8-3)13-16-9-4/h8,14,16H,3,6-7,9-13H2,1-2,4-5H3. The van der Waals surface area contributed by atoms with Gasteiger partial charge in [0.05, 0.1) is 0 Å². The van der Waals surface area contributed by atoms with Crippen molar-refractivity contribution in [1.29, 1.82) is 0 Å². The smallest absolute Gasteiger partial charge is 0.00397 e. The molecule has 0 saturated heterocycles. The van der Waals surface area contributed by atoms with E-state index in [1.807, 2.05) is 0 Å². The molecule has 1 nitrogen and oxygen atoms in total. The average molecular weight is 225 g/mol. The Morgan fingerprint density at radius 2 is 2.00 bits per heavy atom. The third-order valence-electron chi connectivity index (χ3n) is 3.57. The summed E-state index contributed by atoms with van der Waals surface area (Å²) < 4.78 is 0. The van der Waals surface area contributed by atoms with Crippen LogP contribution in [0.5, 0.6) is 0 Å². The summed E-state index contributed by atoms with van der Waals surface area (Å²) in [6, 6.07) is 0. The summed E-state index contributed by atoms with van der Waals surface area (Å²) >= 11 is 0. The van der Waals surface area contributed by atoms with Crippen molar-refractivity contribution in [3.8, 4) is 0 Å². The first kappa shape index (κ1) is 15.7. The molecule has 0 aromatic carbocycles. The van der Waals surface area contributed by atoms with Crippen molar-refractivity contribution >= 4 is 0 Å². The lowest BCUT2D eigenvalue weighted by Gasteiger charge is -2.30. The molecule has 0 fully saturated rings. The Morgan fingerprint density at radius 3 is 2.44 bits per heavy atom. The van der Waals surface area contributed by atoms with E-state index in [4.69, 9.17) is 0 Å². The zero-order valence-electron chi connectivity index (χ0n) is 11.8. The van der Waals surface area contributed by atoms with Crippen molar-refractivity contribution < 1.29 is 0 Å². The van der Waals surface area contributed by atoms with Gasteiger partial charge in [0.15, 0.2) is 0 Å². The van der Waals surface area contributed by atoms with Gasteiger partial charge >= 0.3 is 0 Å². The molecule has 0 bridgehead atoms. The largest absolute Gasteiger partial charge is 0.316 e. The summed E-state index contributed by atoms with van der Waals surface area (Å²) in [7, 11) is 0. The highest BCUT2D eigenvalue weighted by Gasteiger charge is 2.23. The van der Waals surface area contributed by atoms with Gasteiger partial charge in [-0.3, -0.25) is 0 Å². The van der Waals surface area contributed by atoms with Crippen LogP contribution in [-0.4, -0.2) is 13.1 Å². The predicted octanol–water partition coefficient (Wildman–Crippen LogP) is 4.39. The highest BCUT2D eigenvalue weighted by atomic mass is 14.9. The lowest BCUT2D eigenvalue weighted by molar-refractivity contribution is 0.274. The van der Waals surface area contributed by atoms with Crippen molar-refractivity contribution in [2.75, 3.05) is 13.1 Å². The SMILES string of the molecule is C=CC(C)(CNCC)CC(CC)CCCC. The van der Waals surface area contributed by atoms with Crippen LogP contribution in [0, 0.1) is 11.3 Å². The van der Waals surface area contributed by atoms with Crippen LogP contribution < -0.4 is 5.32 Å². The zero-order chi connectivity index (χ0) is 12.4.